The smallest absolute Gasteiger partial charge is 0.266 e. The highest BCUT2D eigenvalue weighted by Crippen LogP contribution is 2.13. The molecule has 1 aliphatic rings. The fourth-order valence-electron chi connectivity index (χ4n) is 3.20. The number of anilines is 1. The van der Waals surface area contributed by atoms with Crippen LogP contribution in [0.2, 0.25) is 0 Å². The summed E-state index contributed by atoms with van der Waals surface area (Å²) < 4.78 is 3.13. The van der Waals surface area contributed by atoms with E-state index in [1.54, 1.807) is 35.4 Å². The Labute approximate surface area is 162 Å². The average molecular weight is 376 g/mol. The van der Waals surface area contributed by atoms with E-state index in [9.17, 15) is 4.79 Å². The summed E-state index contributed by atoms with van der Waals surface area (Å²) in [5.74, 6) is 1.52. The van der Waals surface area contributed by atoms with Crippen LogP contribution in [0.25, 0.3) is 5.82 Å². The van der Waals surface area contributed by atoms with Gasteiger partial charge < -0.3 is 4.90 Å². The number of piperazine rings is 1. The average Bonchev–Trinajstić information content (AvgIpc) is 3.29. The molecule has 1 aliphatic heterocycles. The van der Waals surface area contributed by atoms with Crippen LogP contribution in [0.3, 0.4) is 0 Å². The Hall–Kier alpha value is -3.51. The minimum absolute atomic E-state index is 0.115. The standard InChI is InChI=1S/C19H20N8O/c20-14-16-2-3-17(21-15-16)25-11-8-24(9-12-25)10-13-27-19(28)5-4-18(23-27)26-7-1-6-22-26/h1-7,15H,8-13H2. The molecule has 0 saturated carbocycles. The first-order valence-electron chi connectivity index (χ1n) is 9.14. The normalized spacial score (nSPS) is 14.8. The van der Waals surface area contributed by atoms with Crippen molar-refractivity contribution in [3.05, 3.63) is 64.8 Å². The van der Waals surface area contributed by atoms with E-state index >= 15 is 0 Å². The molecule has 3 aromatic heterocycles. The van der Waals surface area contributed by atoms with Crippen LogP contribution in [0, 0.1) is 11.3 Å². The van der Waals surface area contributed by atoms with Crippen molar-refractivity contribution in [3.8, 4) is 11.9 Å². The Morgan fingerprint density at radius 1 is 1.04 bits per heavy atom. The third-order valence-electron chi connectivity index (χ3n) is 4.79. The SMILES string of the molecule is N#Cc1ccc(N2CCN(CCn3nc(-n4cccn4)ccc3=O)CC2)nc1. The van der Waals surface area contributed by atoms with Crippen LogP contribution in [0.1, 0.15) is 5.56 Å². The summed E-state index contributed by atoms with van der Waals surface area (Å²) in [6.07, 6.45) is 5.08. The molecule has 0 radical (unpaired) electrons. The van der Waals surface area contributed by atoms with E-state index in [1.165, 1.54) is 10.7 Å². The number of rotatable bonds is 5. The molecule has 1 saturated heterocycles. The maximum Gasteiger partial charge on any atom is 0.266 e. The van der Waals surface area contributed by atoms with Gasteiger partial charge in [-0.15, -0.1) is 5.10 Å². The molecule has 3 aromatic rings. The lowest BCUT2D eigenvalue weighted by Crippen LogP contribution is -2.48. The fraction of sp³-hybridized carbons (Fsp3) is 0.316. The van der Waals surface area contributed by atoms with Crippen LogP contribution in [-0.2, 0) is 6.54 Å². The van der Waals surface area contributed by atoms with E-state index in [0.29, 0.717) is 17.9 Å². The Bertz CT molecular complexity index is 1010. The largest absolute Gasteiger partial charge is 0.354 e. The van der Waals surface area contributed by atoms with Crippen LogP contribution in [0.15, 0.2) is 53.7 Å². The highest BCUT2D eigenvalue weighted by Gasteiger charge is 2.18. The molecule has 0 unspecified atom stereocenters. The van der Waals surface area contributed by atoms with Gasteiger partial charge in [0.2, 0.25) is 0 Å². The van der Waals surface area contributed by atoms with Crippen molar-refractivity contribution in [2.45, 2.75) is 6.54 Å². The van der Waals surface area contributed by atoms with Gasteiger partial charge in [-0.1, -0.05) is 0 Å². The number of aromatic nitrogens is 5. The zero-order valence-electron chi connectivity index (χ0n) is 15.3. The zero-order chi connectivity index (χ0) is 19.3. The van der Waals surface area contributed by atoms with Gasteiger partial charge in [0, 0.05) is 57.4 Å². The molecule has 0 spiro atoms. The molecular formula is C19H20N8O. The predicted octanol–water partition coefficient (Wildman–Crippen LogP) is 0.518. The summed E-state index contributed by atoms with van der Waals surface area (Å²) in [5, 5.41) is 17.4. The van der Waals surface area contributed by atoms with Gasteiger partial charge in [-0.2, -0.15) is 10.4 Å². The summed E-state index contributed by atoms with van der Waals surface area (Å²) in [7, 11) is 0. The zero-order valence-corrected chi connectivity index (χ0v) is 15.3. The number of nitrogens with zero attached hydrogens (tertiary/aromatic N) is 8. The molecule has 4 heterocycles. The van der Waals surface area contributed by atoms with Crippen LogP contribution in [0.5, 0.6) is 0 Å². The molecule has 9 nitrogen and oxygen atoms in total. The molecule has 0 amide bonds. The molecular weight excluding hydrogens is 356 g/mol. The Morgan fingerprint density at radius 3 is 2.54 bits per heavy atom. The molecule has 0 aliphatic carbocycles. The van der Waals surface area contributed by atoms with Gasteiger partial charge in [0.15, 0.2) is 5.82 Å². The van der Waals surface area contributed by atoms with Crippen LogP contribution >= 0.6 is 0 Å². The van der Waals surface area contributed by atoms with Crippen molar-refractivity contribution < 1.29 is 0 Å². The lowest BCUT2D eigenvalue weighted by Gasteiger charge is -2.35. The van der Waals surface area contributed by atoms with E-state index in [2.05, 4.69) is 31.1 Å². The molecule has 0 bridgehead atoms. The quantitative estimate of drug-likeness (QED) is 0.640. The van der Waals surface area contributed by atoms with Crippen molar-refractivity contribution in [1.29, 1.82) is 5.26 Å². The third-order valence-corrected chi connectivity index (χ3v) is 4.79. The van der Waals surface area contributed by atoms with Crippen LogP contribution < -0.4 is 10.5 Å². The first-order valence-corrected chi connectivity index (χ1v) is 9.14. The molecule has 9 heteroatoms. The van der Waals surface area contributed by atoms with Gasteiger partial charge in [0.25, 0.3) is 5.56 Å². The van der Waals surface area contributed by atoms with E-state index in [0.717, 1.165) is 38.5 Å². The van der Waals surface area contributed by atoms with Gasteiger partial charge in [0.1, 0.15) is 11.9 Å². The molecule has 4 rings (SSSR count). The minimum Gasteiger partial charge on any atom is -0.354 e. The van der Waals surface area contributed by atoms with E-state index in [1.807, 2.05) is 12.1 Å². The molecule has 0 aromatic carbocycles. The predicted molar refractivity (Wildman–Crippen MR) is 103 cm³/mol. The Morgan fingerprint density at radius 2 is 1.86 bits per heavy atom. The summed E-state index contributed by atoms with van der Waals surface area (Å²) in [5.41, 5.74) is 0.453. The number of nitriles is 1. The van der Waals surface area contributed by atoms with E-state index < -0.39 is 0 Å². The maximum absolute atomic E-state index is 12.1. The Kier molecular flexibility index (Phi) is 5.12. The second kappa shape index (κ2) is 8.02. The highest BCUT2D eigenvalue weighted by atomic mass is 16.1. The van der Waals surface area contributed by atoms with Gasteiger partial charge >= 0.3 is 0 Å². The first-order chi connectivity index (χ1) is 13.7. The minimum atomic E-state index is -0.115. The Balaban J connectivity index is 1.34. The monoisotopic (exact) mass is 376 g/mol. The molecule has 0 N–H and O–H groups in total. The molecule has 142 valence electrons. The first kappa shape index (κ1) is 17.9. The van der Waals surface area contributed by atoms with Crippen LogP contribution in [0.4, 0.5) is 5.82 Å². The van der Waals surface area contributed by atoms with Crippen molar-refractivity contribution in [2.24, 2.45) is 0 Å². The van der Waals surface area contributed by atoms with Crippen molar-refractivity contribution >= 4 is 5.82 Å². The second-order valence-electron chi connectivity index (χ2n) is 6.55. The third kappa shape index (κ3) is 3.92. The highest BCUT2D eigenvalue weighted by molar-refractivity contribution is 5.42. The van der Waals surface area contributed by atoms with Gasteiger partial charge in [0.05, 0.1) is 12.1 Å². The van der Waals surface area contributed by atoms with Crippen molar-refractivity contribution in [2.75, 3.05) is 37.6 Å². The summed E-state index contributed by atoms with van der Waals surface area (Å²) in [6.45, 7) is 4.76. The maximum atomic E-state index is 12.1. The lowest BCUT2D eigenvalue weighted by molar-refractivity contribution is 0.242. The number of hydrogen-bond acceptors (Lipinski definition) is 7. The van der Waals surface area contributed by atoms with Crippen molar-refractivity contribution in [3.63, 3.8) is 0 Å². The molecule has 0 atom stereocenters. The summed E-state index contributed by atoms with van der Waals surface area (Å²) >= 11 is 0. The number of hydrogen-bond donors (Lipinski definition) is 0. The summed E-state index contributed by atoms with van der Waals surface area (Å²) in [6, 6.07) is 10.8. The molecule has 28 heavy (non-hydrogen) atoms. The van der Waals surface area contributed by atoms with Gasteiger partial charge in [-0.25, -0.2) is 14.3 Å². The van der Waals surface area contributed by atoms with E-state index in [-0.39, 0.29) is 5.56 Å². The molecule has 1 fully saturated rings. The summed E-state index contributed by atoms with van der Waals surface area (Å²) in [4.78, 5) is 21.0. The van der Waals surface area contributed by atoms with Crippen LogP contribution in [-0.4, -0.2) is 62.2 Å². The van der Waals surface area contributed by atoms with Gasteiger partial charge in [-0.05, 0) is 24.3 Å². The topological polar surface area (TPSA) is 95.9 Å². The fourth-order valence-corrected chi connectivity index (χ4v) is 3.20. The van der Waals surface area contributed by atoms with E-state index in [4.69, 9.17) is 5.26 Å². The second-order valence-corrected chi connectivity index (χ2v) is 6.55. The number of pyridine rings is 1. The van der Waals surface area contributed by atoms with Gasteiger partial charge in [-0.3, -0.25) is 9.69 Å². The van der Waals surface area contributed by atoms with Crippen molar-refractivity contribution in [1.82, 2.24) is 29.4 Å². The lowest BCUT2D eigenvalue weighted by atomic mass is 10.2.